The van der Waals surface area contributed by atoms with E-state index >= 15 is 0 Å². The van der Waals surface area contributed by atoms with E-state index in [1.54, 1.807) is 0 Å². The van der Waals surface area contributed by atoms with Gasteiger partial charge in [0.1, 0.15) is 0 Å². The fourth-order valence-electron chi connectivity index (χ4n) is 5.45. The Labute approximate surface area is 162 Å². The second kappa shape index (κ2) is 6.35. The van der Waals surface area contributed by atoms with Crippen LogP contribution in [0.3, 0.4) is 0 Å². The van der Waals surface area contributed by atoms with Gasteiger partial charge in [-0.2, -0.15) is 0 Å². The van der Waals surface area contributed by atoms with Gasteiger partial charge in [-0.1, -0.05) is 49.4 Å². The SMILES string of the molecule is CCN1CC2CC2(c2ccc(N3CCC(O)(c4ccccc4)CC3)cc2)C1. The standard InChI is InChI=1S/C24H30N2O/c1-2-25-17-21-16-23(21,18-25)19-8-10-22(11-9-19)26-14-12-24(27,13-15-26)20-6-4-3-5-7-20/h3-11,21,27H,2,12-18H2,1H3. The van der Waals surface area contributed by atoms with Crippen molar-refractivity contribution in [3.05, 3.63) is 65.7 Å². The third-order valence-electron chi connectivity index (χ3n) is 7.37. The number of benzene rings is 2. The molecule has 1 saturated carbocycles. The Bertz CT molecular complexity index is 795. The molecule has 1 aliphatic carbocycles. The molecule has 0 amide bonds. The molecule has 3 aliphatic rings. The van der Waals surface area contributed by atoms with E-state index in [1.807, 2.05) is 18.2 Å². The van der Waals surface area contributed by atoms with E-state index in [2.05, 4.69) is 53.1 Å². The minimum atomic E-state index is -0.675. The maximum atomic E-state index is 11.1. The fraction of sp³-hybridized carbons (Fsp3) is 0.500. The van der Waals surface area contributed by atoms with Crippen molar-refractivity contribution in [2.75, 3.05) is 37.6 Å². The van der Waals surface area contributed by atoms with Gasteiger partial charge in [0.05, 0.1) is 5.60 Å². The lowest BCUT2D eigenvalue weighted by Crippen LogP contribution is -2.42. The smallest absolute Gasteiger partial charge is 0.0930 e. The van der Waals surface area contributed by atoms with Crippen molar-refractivity contribution in [3.63, 3.8) is 0 Å². The van der Waals surface area contributed by atoms with Crippen molar-refractivity contribution in [2.45, 2.75) is 37.2 Å². The molecular formula is C24H30N2O. The summed E-state index contributed by atoms with van der Waals surface area (Å²) in [7, 11) is 0. The van der Waals surface area contributed by atoms with E-state index in [1.165, 1.54) is 37.3 Å². The van der Waals surface area contributed by atoms with Crippen LogP contribution in [-0.4, -0.2) is 42.7 Å². The summed E-state index contributed by atoms with van der Waals surface area (Å²) in [5.74, 6) is 0.874. The summed E-state index contributed by atoms with van der Waals surface area (Å²) in [5, 5.41) is 11.1. The van der Waals surface area contributed by atoms with Gasteiger partial charge in [0, 0.05) is 37.3 Å². The zero-order valence-corrected chi connectivity index (χ0v) is 16.3. The number of nitrogens with zero attached hydrogens (tertiary/aromatic N) is 2. The van der Waals surface area contributed by atoms with E-state index in [-0.39, 0.29) is 0 Å². The highest BCUT2D eigenvalue weighted by molar-refractivity contribution is 5.51. The Hall–Kier alpha value is -1.84. The Balaban J connectivity index is 1.26. The summed E-state index contributed by atoms with van der Waals surface area (Å²) in [6.45, 7) is 7.77. The van der Waals surface area contributed by atoms with Crippen LogP contribution in [0, 0.1) is 5.92 Å². The molecule has 2 aromatic rings. The predicted molar refractivity (Wildman–Crippen MR) is 110 cm³/mol. The highest BCUT2D eigenvalue weighted by atomic mass is 16.3. The van der Waals surface area contributed by atoms with Crippen molar-refractivity contribution in [3.8, 4) is 0 Å². The Morgan fingerprint density at radius 1 is 0.963 bits per heavy atom. The molecule has 2 unspecified atom stereocenters. The Kier molecular flexibility index (Phi) is 4.06. The molecule has 0 spiro atoms. The van der Waals surface area contributed by atoms with Crippen LogP contribution in [0.4, 0.5) is 5.69 Å². The third-order valence-corrected chi connectivity index (χ3v) is 7.37. The molecule has 3 heteroatoms. The number of likely N-dealkylation sites (N-methyl/N-ethyl adjacent to an activating group) is 1. The average Bonchev–Trinajstić information content (AvgIpc) is 3.30. The first kappa shape index (κ1) is 17.3. The first-order valence-electron chi connectivity index (χ1n) is 10.5. The highest BCUT2D eigenvalue weighted by Crippen LogP contribution is 2.59. The number of hydrogen-bond donors (Lipinski definition) is 1. The van der Waals surface area contributed by atoms with Gasteiger partial charge >= 0.3 is 0 Å². The van der Waals surface area contributed by atoms with E-state index in [9.17, 15) is 5.11 Å². The van der Waals surface area contributed by atoms with Crippen LogP contribution >= 0.6 is 0 Å². The second-order valence-corrected chi connectivity index (χ2v) is 8.82. The van der Waals surface area contributed by atoms with Crippen LogP contribution in [0.25, 0.3) is 0 Å². The number of fused-ring (bicyclic) bond motifs is 1. The first-order chi connectivity index (χ1) is 13.1. The van der Waals surface area contributed by atoms with E-state index in [4.69, 9.17) is 0 Å². The van der Waals surface area contributed by atoms with Crippen LogP contribution in [0.15, 0.2) is 54.6 Å². The monoisotopic (exact) mass is 362 g/mol. The molecule has 0 radical (unpaired) electrons. The lowest BCUT2D eigenvalue weighted by molar-refractivity contribution is 0.0118. The molecule has 2 atom stereocenters. The predicted octanol–water partition coefficient (Wildman–Crippen LogP) is 3.77. The molecule has 142 valence electrons. The van der Waals surface area contributed by atoms with Crippen molar-refractivity contribution >= 4 is 5.69 Å². The van der Waals surface area contributed by atoms with Gasteiger partial charge < -0.3 is 14.9 Å². The van der Waals surface area contributed by atoms with Gasteiger partial charge in [-0.3, -0.25) is 0 Å². The summed E-state index contributed by atoms with van der Waals surface area (Å²) in [6, 6.07) is 19.5. The van der Waals surface area contributed by atoms with Gasteiger partial charge in [-0.05, 0) is 55.0 Å². The lowest BCUT2D eigenvalue weighted by atomic mass is 9.84. The van der Waals surface area contributed by atoms with Gasteiger partial charge in [0.2, 0.25) is 0 Å². The average molecular weight is 363 g/mol. The molecule has 27 heavy (non-hydrogen) atoms. The molecule has 2 saturated heterocycles. The Morgan fingerprint density at radius 3 is 2.30 bits per heavy atom. The minimum absolute atomic E-state index is 0.448. The summed E-state index contributed by atoms with van der Waals surface area (Å²) < 4.78 is 0. The van der Waals surface area contributed by atoms with Crippen LogP contribution in [0.2, 0.25) is 0 Å². The van der Waals surface area contributed by atoms with E-state index in [0.717, 1.165) is 37.4 Å². The van der Waals surface area contributed by atoms with Crippen molar-refractivity contribution < 1.29 is 5.11 Å². The summed E-state index contributed by atoms with van der Waals surface area (Å²) in [6.07, 6.45) is 2.95. The third kappa shape index (κ3) is 2.88. The first-order valence-corrected chi connectivity index (χ1v) is 10.5. The molecular weight excluding hydrogens is 332 g/mol. The van der Waals surface area contributed by atoms with Gasteiger partial charge in [0.15, 0.2) is 0 Å². The largest absolute Gasteiger partial charge is 0.385 e. The van der Waals surface area contributed by atoms with Crippen LogP contribution in [-0.2, 0) is 11.0 Å². The number of aliphatic hydroxyl groups is 1. The lowest BCUT2D eigenvalue weighted by Gasteiger charge is -2.39. The topological polar surface area (TPSA) is 26.7 Å². The summed E-state index contributed by atoms with van der Waals surface area (Å²) in [4.78, 5) is 5.02. The number of hydrogen-bond acceptors (Lipinski definition) is 3. The maximum absolute atomic E-state index is 11.1. The van der Waals surface area contributed by atoms with Crippen LogP contribution < -0.4 is 4.90 Å². The number of piperidine rings is 2. The molecule has 0 bridgehead atoms. The number of rotatable bonds is 4. The molecule has 0 aromatic heterocycles. The van der Waals surface area contributed by atoms with Gasteiger partial charge in [-0.15, -0.1) is 0 Å². The summed E-state index contributed by atoms with van der Waals surface area (Å²) >= 11 is 0. The van der Waals surface area contributed by atoms with Crippen molar-refractivity contribution in [1.29, 1.82) is 0 Å². The van der Waals surface area contributed by atoms with Crippen LogP contribution in [0.1, 0.15) is 37.3 Å². The van der Waals surface area contributed by atoms with E-state index in [0.29, 0.717) is 5.41 Å². The molecule has 5 rings (SSSR count). The zero-order chi connectivity index (χ0) is 18.5. The van der Waals surface area contributed by atoms with Gasteiger partial charge in [0.25, 0.3) is 0 Å². The molecule has 2 aliphatic heterocycles. The van der Waals surface area contributed by atoms with E-state index < -0.39 is 5.60 Å². The maximum Gasteiger partial charge on any atom is 0.0930 e. The Morgan fingerprint density at radius 2 is 1.67 bits per heavy atom. The summed E-state index contributed by atoms with van der Waals surface area (Å²) in [5.41, 5.74) is 3.66. The number of likely N-dealkylation sites (tertiary alicyclic amines) is 1. The molecule has 1 N–H and O–H groups in total. The fourth-order valence-corrected chi connectivity index (χ4v) is 5.45. The van der Waals surface area contributed by atoms with Gasteiger partial charge in [-0.25, -0.2) is 0 Å². The zero-order valence-electron chi connectivity index (χ0n) is 16.3. The second-order valence-electron chi connectivity index (χ2n) is 8.82. The molecule has 2 aromatic carbocycles. The van der Waals surface area contributed by atoms with Crippen LogP contribution in [0.5, 0.6) is 0 Å². The molecule has 3 nitrogen and oxygen atoms in total. The number of anilines is 1. The van der Waals surface area contributed by atoms with Crippen molar-refractivity contribution in [2.24, 2.45) is 5.92 Å². The minimum Gasteiger partial charge on any atom is -0.385 e. The normalized spacial score (nSPS) is 29.6. The molecule has 2 heterocycles. The quantitative estimate of drug-likeness (QED) is 0.897. The highest BCUT2D eigenvalue weighted by Gasteiger charge is 2.60. The molecule has 3 fully saturated rings. The van der Waals surface area contributed by atoms with Crippen molar-refractivity contribution in [1.82, 2.24) is 4.90 Å².